The summed E-state index contributed by atoms with van der Waals surface area (Å²) in [6.45, 7) is 1.79. The van der Waals surface area contributed by atoms with Crippen molar-refractivity contribution in [3.05, 3.63) is 98.1 Å². The maximum atomic E-state index is 13.1. The number of barbiturate groups is 1. The van der Waals surface area contributed by atoms with E-state index in [9.17, 15) is 24.5 Å². The number of nitrogens with zero attached hydrogens (tertiary/aromatic N) is 2. The van der Waals surface area contributed by atoms with Crippen molar-refractivity contribution in [2.24, 2.45) is 0 Å². The zero-order chi connectivity index (χ0) is 26.7. The molecule has 1 heterocycles. The van der Waals surface area contributed by atoms with Crippen molar-refractivity contribution in [3.8, 4) is 11.5 Å². The lowest BCUT2D eigenvalue weighted by atomic mass is 10.1. The van der Waals surface area contributed by atoms with Crippen LogP contribution in [0.15, 0.2) is 66.2 Å². The molecule has 11 heteroatoms. The Kier molecular flexibility index (Phi) is 7.21. The number of imide groups is 2. The molecule has 0 spiro atoms. The van der Waals surface area contributed by atoms with Gasteiger partial charge in [0.2, 0.25) is 0 Å². The van der Waals surface area contributed by atoms with E-state index in [1.54, 1.807) is 30.3 Å². The molecule has 0 unspecified atom stereocenters. The number of aryl methyl sites for hydroxylation is 1. The standard InChI is InChI=1S/C26H20ClN3O7/c1-15-5-3-7-18(9-15)29-25(32)20(24(31)28-26(29)33)11-17-12-21(27)23(22(13-17)36-2)37-14-16-6-4-8-19(10-16)30(34)35/h3-13H,14H2,1-2H3,(H,28,31,33)/b20-11+. The number of benzene rings is 3. The summed E-state index contributed by atoms with van der Waals surface area (Å²) in [4.78, 5) is 49.5. The zero-order valence-electron chi connectivity index (χ0n) is 19.7. The number of ether oxygens (including phenoxy) is 2. The predicted octanol–water partition coefficient (Wildman–Crippen LogP) is 4.81. The molecule has 0 aromatic heterocycles. The highest BCUT2D eigenvalue weighted by Gasteiger charge is 2.37. The highest BCUT2D eigenvalue weighted by Crippen LogP contribution is 2.38. The first-order valence-electron chi connectivity index (χ1n) is 10.9. The molecule has 1 saturated heterocycles. The number of halogens is 1. The van der Waals surface area contributed by atoms with Crippen LogP contribution in [-0.4, -0.2) is 29.9 Å². The summed E-state index contributed by atoms with van der Waals surface area (Å²) in [5.74, 6) is -1.26. The van der Waals surface area contributed by atoms with E-state index in [4.69, 9.17) is 21.1 Å². The normalized spacial score (nSPS) is 14.5. The number of nitrogens with one attached hydrogen (secondary N) is 1. The second-order valence-electron chi connectivity index (χ2n) is 8.05. The van der Waals surface area contributed by atoms with Gasteiger partial charge in [-0.25, -0.2) is 9.69 Å². The third kappa shape index (κ3) is 5.44. The fourth-order valence-electron chi connectivity index (χ4n) is 3.70. The number of nitro benzene ring substituents is 1. The van der Waals surface area contributed by atoms with Gasteiger partial charge in [-0.15, -0.1) is 0 Å². The van der Waals surface area contributed by atoms with Crippen molar-refractivity contribution < 1.29 is 28.8 Å². The van der Waals surface area contributed by atoms with Crippen LogP contribution in [0, 0.1) is 17.0 Å². The van der Waals surface area contributed by atoms with Crippen LogP contribution in [-0.2, 0) is 16.2 Å². The molecule has 4 amide bonds. The Morgan fingerprint density at radius 1 is 1.08 bits per heavy atom. The summed E-state index contributed by atoms with van der Waals surface area (Å²) in [7, 11) is 1.39. The van der Waals surface area contributed by atoms with Gasteiger partial charge in [0.25, 0.3) is 17.5 Å². The Balaban J connectivity index is 1.63. The molecular formula is C26H20ClN3O7. The van der Waals surface area contributed by atoms with E-state index in [0.29, 0.717) is 16.8 Å². The second kappa shape index (κ2) is 10.5. The Morgan fingerprint density at radius 2 is 1.84 bits per heavy atom. The van der Waals surface area contributed by atoms with Gasteiger partial charge < -0.3 is 9.47 Å². The zero-order valence-corrected chi connectivity index (χ0v) is 20.4. The molecule has 188 valence electrons. The van der Waals surface area contributed by atoms with Crippen LogP contribution in [0.3, 0.4) is 0 Å². The van der Waals surface area contributed by atoms with E-state index in [1.165, 1.54) is 37.5 Å². The SMILES string of the molecule is COc1cc(/C=C2\C(=O)NC(=O)N(c3cccc(C)c3)C2=O)cc(Cl)c1OCc1cccc([N+](=O)[O-])c1. The van der Waals surface area contributed by atoms with Gasteiger partial charge in [0.1, 0.15) is 12.2 Å². The first-order valence-corrected chi connectivity index (χ1v) is 11.3. The molecule has 3 aromatic rings. The molecule has 1 N–H and O–H groups in total. The monoisotopic (exact) mass is 521 g/mol. The highest BCUT2D eigenvalue weighted by atomic mass is 35.5. The molecule has 1 aliphatic rings. The first-order chi connectivity index (χ1) is 17.7. The highest BCUT2D eigenvalue weighted by molar-refractivity contribution is 6.39. The summed E-state index contributed by atoms with van der Waals surface area (Å²) in [6.07, 6.45) is 1.30. The number of urea groups is 1. The van der Waals surface area contributed by atoms with Gasteiger partial charge in [0, 0.05) is 12.1 Å². The average Bonchev–Trinajstić information content (AvgIpc) is 2.85. The molecule has 0 atom stereocenters. The van der Waals surface area contributed by atoms with Crippen molar-refractivity contribution in [1.82, 2.24) is 5.32 Å². The van der Waals surface area contributed by atoms with Crippen molar-refractivity contribution in [2.45, 2.75) is 13.5 Å². The molecule has 10 nitrogen and oxygen atoms in total. The largest absolute Gasteiger partial charge is 0.493 e. The molecule has 0 bridgehead atoms. The second-order valence-corrected chi connectivity index (χ2v) is 8.45. The van der Waals surface area contributed by atoms with E-state index in [1.807, 2.05) is 13.0 Å². The summed E-state index contributed by atoms with van der Waals surface area (Å²) < 4.78 is 11.2. The number of carbonyl (C=O) groups excluding carboxylic acids is 3. The van der Waals surface area contributed by atoms with Gasteiger partial charge in [-0.05, 0) is 54.0 Å². The van der Waals surface area contributed by atoms with E-state index in [0.717, 1.165) is 10.5 Å². The molecule has 0 radical (unpaired) electrons. The summed E-state index contributed by atoms with van der Waals surface area (Å²) >= 11 is 6.42. The Hall–Kier alpha value is -4.70. The maximum Gasteiger partial charge on any atom is 0.335 e. The van der Waals surface area contributed by atoms with Crippen molar-refractivity contribution in [1.29, 1.82) is 0 Å². The van der Waals surface area contributed by atoms with E-state index >= 15 is 0 Å². The minimum absolute atomic E-state index is 0.0212. The fraction of sp³-hybridized carbons (Fsp3) is 0.115. The Labute approximate surface area is 216 Å². The summed E-state index contributed by atoms with van der Waals surface area (Å²) in [5.41, 5.74) is 1.70. The lowest BCUT2D eigenvalue weighted by Gasteiger charge is -2.26. The van der Waals surface area contributed by atoms with Crippen LogP contribution in [0.4, 0.5) is 16.2 Å². The molecule has 37 heavy (non-hydrogen) atoms. The van der Waals surface area contributed by atoms with Crippen LogP contribution >= 0.6 is 11.6 Å². The van der Waals surface area contributed by atoms with Crippen LogP contribution < -0.4 is 19.7 Å². The summed E-state index contributed by atoms with van der Waals surface area (Å²) in [6, 6.07) is 14.8. The number of non-ortho nitro benzene ring substituents is 1. The first kappa shape index (κ1) is 25.4. The molecule has 0 aliphatic carbocycles. The fourth-order valence-corrected chi connectivity index (χ4v) is 3.98. The van der Waals surface area contributed by atoms with Crippen LogP contribution in [0.25, 0.3) is 6.08 Å². The number of hydrogen-bond donors (Lipinski definition) is 1. The molecule has 0 saturated carbocycles. The molecule has 3 aromatic carbocycles. The Bertz CT molecular complexity index is 1470. The number of anilines is 1. The van der Waals surface area contributed by atoms with Crippen molar-refractivity contribution in [3.63, 3.8) is 0 Å². The number of amides is 4. The number of hydrogen-bond acceptors (Lipinski definition) is 7. The van der Waals surface area contributed by atoms with Gasteiger partial charge >= 0.3 is 6.03 Å². The van der Waals surface area contributed by atoms with E-state index < -0.39 is 22.8 Å². The number of rotatable bonds is 7. The number of carbonyl (C=O) groups is 3. The van der Waals surface area contributed by atoms with Gasteiger partial charge in [0.05, 0.1) is 22.7 Å². The predicted molar refractivity (Wildman–Crippen MR) is 136 cm³/mol. The minimum Gasteiger partial charge on any atom is -0.493 e. The topological polar surface area (TPSA) is 128 Å². The molecular weight excluding hydrogens is 502 g/mol. The Morgan fingerprint density at radius 3 is 2.54 bits per heavy atom. The van der Waals surface area contributed by atoms with Crippen LogP contribution in [0.5, 0.6) is 11.5 Å². The molecule has 1 aliphatic heterocycles. The summed E-state index contributed by atoms with van der Waals surface area (Å²) in [5, 5.41) is 13.3. The van der Waals surface area contributed by atoms with Gasteiger partial charge in [-0.3, -0.25) is 25.0 Å². The lowest BCUT2D eigenvalue weighted by molar-refractivity contribution is -0.384. The maximum absolute atomic E-state index is 13.1. The minimum atomic E-state index is -0.849. The quantitative estimate of drug-likeness (QED) is 0.204. The van der Waals surface area contributed by atoms with Gasteiger partial charge in [-0.1, -0.05) is 35.9 Å². The lowest BCUT2D eigenvalue weighted by Crippen LogP contribution is -2.54. The van der Waals surface area contributed by atoms with Gasteiger partial charge in [0.15, 0.2) is 11.5 Å². The number of nitro groups is 1. The van der Waals surface area contributed by atoms with Crippen LogP contribution in [0.1, 0.15) is 16.7 Å². The smallest absolute Gasteiger partial charge is 0.335 e. The van der Waals surface area contributed by atoms with Crippen molar-refractivity contribution >= 4 is 46.9 Å². The van der Waals surface area contributed by atoms with Crippen molar-refractivity contribution in [2.75, 3.05) is 12.0 Å². The third-order valence-corrected chi connectivity index (χ3v) is 5.71. The third-order valence-electron chi connectivity index (χ3n) is 5.43. The van der Waals surface area contributed by atoms with Gasteiger partial charge in [-0.2, -0.15) is 0 Å². The van der Waals surface area contributed by atoms with Crippen LogP contribution in [0.2, 0.25) is 5.02 Å². The van der Waals surface area contributed by atoms with E-state index in [-0.39, 0.29) is 34.4 Å². The van der Waals surface area contributed by atoms with E-state index in [2.05, 4.69) is 5.32 Å². The molecule has 1 fully saturated rings. The molecule has 4 rings (SSSR count). The average molecular weight is 522 g/mol. The number of methoxy groups -OCH3 is 1.